The van der Waals surface area contributed by atoms with Crippen LogP contribution in [0.15, 0.2) is 0 Å². The first-order valence-electron chi connectivity index (χ1n) is 7.62. The number of aliphatic hydroxyl groups excluding tert-OH is 1. The van der Waals surface area contributed by atoms with Crippen LogP contribution in [0.3, 0.4) is 0 Å². The first-order valence-corrected chi connectivity index (χ1v) is 7.62. The minimum atomic E-state index is -0.203. The summed E-state index contributed by atoms with van der Waals surface area (Å²) in [6.07, 6.45) is 8.54. The maximum absolute atomic E-state index is 12.1. The van der Waals surface area contributed by atoms with Gasteiger partial charge in [0.05, 0.1) is 6.10 Å². The number of amides is 1. The van der Waals surface area contributed by atoms with Crippen LogP contribution in [-0.2, 0) is 4.79 Å². The zero-order valence-corrected chi connectivity index (χ0v) is 11.5. The van der Waals surface area contributed by atoms with Gasteiger partial charge in [-0.3, -0.25) is 4.79 Å². The average Bonchev–Trinajstić information content (AvgIpc) is 2.38. The van der Waals surface area contributed by atoms with Crippen LogP contribution in [0, 0.1) is 17.8 Å². The third kappa shape index (κ3) is 3.71. The Balaban J connectivity index is 1.70. The second-order valence-corrected chi connectivity index (χ2v) is 6.31. The van der Waals surface area contributed by atoms with Crippen molar-refractivity contribution in [2.45, 2.75) is 64.4 Å². The Hall–Kier alpha value is -0.570. The van der Waals surface area contributed by atoms with E-state index in [1.165, 1.54) is 19.3 Å². The quantitative estimate of drug-likeness (QED) is 0.812. The first kappa shape index (κ1) is 13.9. The van der Waals surface area contributed by atoms with E-state index in [9.17, 15) is 9.90 Å². The Morgan fingerprint density at radius 1 is 1.11 bits per heavy atom. The van der Waals surface area contributed by atoms with Gasteiger partial charge in [-0.15, -0.1) is 0 Å². The molecule has 0 bridgehead atoms. The molecule has 0 saturated heterocycles. The number of carbonyl (C=O) groups is 1. The molecule has 0 aromatic heterocycles. The van der Waals surface area contributed by atoms with Crippen LogP contribution in [0.4, 0.5) is 0 Å². The van der Waals surface area contributed by atoms with Gasteiger partial charge < -0.3 is 10.4 Å². The molecule has 0 heterocycles. The molecule has 0 aromatic carbocycles. The van der Waals surface area contributed by atoms with Crippen LogP contribution in [-0.4, -0.2) is 23.7 Å². The molecule has 0 spiro atoms. The van der Waals surface area contributed by atoms with Gasteiger partial charge in [0.1, 0.15) is 0 Å². The van der Waals surface area contributed by atoms with E-state index in [2.05, 4.69) is 12.2 Å². The predicted octanol–water partition coefficient (Wildman–Crippen LogP) is 2.48. The summed E-state index contributed by atoms with van der Waals surface area (Å²) in [6, 6.07) is 0. The summed E-state index contributed by atoms with van der Waals surface area (Å²) in [5, 5.41) is 12.9. The van der Waals surface area contributed by atoms with Gasteiger partial charge in [-0.25, -0.2) is 0 Å². The summed E-state index contributed by atoms with van der Waals surface area (Å²) >= 11 is 0. The maximum Gasteiger partial charge on any atom is 0.223 e. The van der Waals surface area contributed by atoms with E-state index in [4.69, 9.17) is 0 Å². The molecule has 2 saturated carbocycles. The Bertz CT molecular complexity index is 272. The number of nitrogens with one attached hydrogen (secondary N) is 1. The minimum Gasteiger partial charge on any atom is -0.393 e. The summed E-state index contributed by atoms with van der Waals surface area (Å²) in [6.45, 7) is 2.94. The maximum atomic E-state index is 12.1. The van der Waals surface area contributed by atoms with Crippen molar-refractivity contribution in [1.82, 2.24) is 5.32 Å². The second kappa shape index (κ2) is 6.55. The standard InChI is InChI=1S/C15H27NO2/c1-11-6-8-12(9-7-11)15(18)16-10-13-4-2-3-5-14(13)17/h11-14,17H,2-10H2,1H3,(H,16,18). The molecule has 2 aliphatic carbocycles. The van der Waals surface area contributed by atoms with Crippen molar-refractivity contribution in [1.29, 1.82) is 0 Å². The second-order valence-electron chi connectivity index (χ2n) is 6.31. The summed E-state index contributed by atoms with van der Waals surface area (Å²) in [7, 11) is 0. The lowest BCUT2D eigenvalue weighted by molar-refractivity contribution is -0.126. The van der Waals surface area contributed by atoms with E-state index >= 15 is 0 Å². The van der Waals surface area contributed by atoms with Crippen LogP contribution in [0.25, 0.3) is 0 Å². The Labute approximate surface area is 110 Å². The van der Waals surface area contributed by atoms with Crippen molar-refractivity contribution in [3.05, 3.63) is 0 Å². The van der Waals surface area contributed by atoms with E-state index in [0.717, 1.165) is 38.0 Å². The molecule has 1 amide bonds. The highest BCUT2D eigenvalue weighted by Gasteiger charge is 2.27. The van der Waals surface area contributed by atoms with Crippen molar-refractivity contribution in [3.63, 3.8) is 0 Å². The molecule has 2 rings (SSSR count). The van der Waals surface area contributed by atoms with E-state index in [-0.39, 0.29) is 23.8 Å². The Morgan fingerprint density at radius 3 is 2.44 bits per heavy atom. The summed E-state index contributed by atoms with van der Waals surface area (Å²) < 4.78 is 0. The normalized spacial score (nSPS) is 37.2. The van der Waals surface area contributed by atoms with Crippen molar-refractivity contribution in [2.75, 3.05) is 6.54 Å². The number of hydrogen-bond donors (Lipinski definition) is 2. The van der Waals surface area contributed by atoms with Crippen molar-refractivity contribution in [2.24, 2.45) is 17.8 Å². The van der Waals surface area contributed by atoms with Crippen LogP contribution >= 0.6 is 0 Å². The Kier molecular flexibility index (Phi) is 5.04. The number of rotatable bonds is 3. The molecule has 2 unspecified atom stereocenters. The third-order valence-electron chi connectivity index (χ3n) is 4.79. The van der Waals surface area contributed by atoms with Gasteiger partial charge in [-0.2, -0.15) is 0 Å². The predicted molar refractivity (Wildman–Crippen MR) is 72.1 cm³/mol. The molecule has 2 fully saturated rings. The molecule has 2 atom stereocenters. The van der Waals surface area contributed by atoms with E-state index in [1.807, 2.05) is 0 Å². The molecule has 3 nitrogen and oxygen atoms in total. The largest absolute Gasteiger partial charge is 0.393 e. The topological polar surface area (TPSA) is 49.3 Å². The number of hydrogen-bond acceptors (Lipinski definition) is 2. The van der Waals surface area contributed by atoms with Crippen LogP contribution in [0.2, 0.25) is 0 Å². The molecule has 0 aliphatic heterocycles. The van der Waals surface area contributed by atoms with Crippen LogP contribution in [0.5, 0.6) is 0 Å². The van der Waals surface area contributed by atoms with Crippen LogP contribution in [0.1, 0.15) is 58.3 Å². The summed E-state index contributed by atoms with van der Waals surface area (Å²) in [4.78, 5) is 12.1. The van der Waals surface area contributed by atoms with Crippen molar-refractivity contribution < 1.29 is 9.90 Å². The average molecular weight is 253 g/mol. The van der Waals surface area contributed by atoms with Gasteiger partial charge >= 0.3 is 0 Å². The zero-order valence-electron chi connectivity index (χ0n) is 11.5. The fraction of sp³-hybridized carbons (Fsp3) is 0.933. The van der Waals surface area contributed by atoms with Gasteiger partial charge in [0, 0.05) is 18.4 Å². The van der Waals surface area contributed by atoms with Gasteiger partial charge in [0.15, 0.2) is 0 Å². The lowest BCUT2D eigenvalue weighted by Crippen LogP contribution is -2.40. The fourth-order valence-corrected chi connectivity index (χ4v) is 3.32. The van der Waals surface area contributed by atoms with Crippen molar-refractivity contribution in [3.8, 4) is 0 Å². The zero-order chi connectivity index (χ0) is 13.0. The molecule has 18 heavy (non-hydrogen) atoms. The molecule has 2 aliphatic rings. The number of aliphatic hydroxyl groups is 1. The minimum absolute atomic E-state index is 0.203. The molecular formula is C15H27NO2. The molecule has 0 radical (unpaired) electrons. The third-order valence-corrected chi connectivity index (χ3v) is 4.79. The fourth-order valence-electron chi connectivity index (χ4n) is 3.32. The van der Waals surface area contributed by atoms with E-state index in [0.29, 0.717) is 6.54 Å². The van der Waals surface area contributed by atoms with Crippen molar-refractivity contribution >= 4 is 5.91 Å². The molecule has 0 aromatic rings. The van der Waals surface area contributed by atoms with E-state index < -0.39 is 0 Å². The van der Waals surface area contributed by atoms with E-state index in [1.54, 1.807) is 0 Å². The lowest BCUT2D eigenvalue weighted by Gasteiger charge is -2.29. The highest BCUT2D eigenvalue weighted by molar-refractivity contribution is 5.78. The highest BCUT2D eigenvalue weighted by Crippen LogP contribution is 2.28. The number of carbonyl (C=O) groups excluding carboxylic acids is 1. The highest BCUT2D eigenvalue weighted by atomic mass is 16.3. The first-order chi connectivity index (χ1) is 8.66. The van der Waals surface area contributed by atoms with Gasteiger partial charge in [-0.05, 0) is 44.4 Å². The molecule has 2 N–H and O–H groups in total. The van der Waals surface area contributed by atoms with Gasteiger partial charge in [0.2, 0.25) is 5.91 Å². The van der Waals surface area contributed by atoms with Crippen LogP contribution < -0.4 is 5.32 Å². The lowest BCUT2D eigenvalue weighted by atomic mass is 9.82. The Morgan fingerprint density at radius 2 is 1.78 bits per heavy atom. The van der Waals surface area contributed by atoms with Gasteiger partial charge in [-0.1, -0.05) is 19.8 Å². The monoisotopic (exact) mass is 253 g/mol. The molecular weight excluding hydrogens is 226 g/mol. The SMILES string of the molecule is CC1CCC(C(=O)NCC2CCCCC2O)CC1. The molecule has 3 heteroatoms. The summed E-state index contributed by atoms with van der Waals surface area (Å²) in [5.74, 6) is 1.51. The summed E-state index contributed by atoms with van der Waals surface area (Å²) in [5.41, 5.74) is 0. The smallest absolute Gasteiger partial charge is 0.223 e. The molecule has 104 valence electrons. The van der Waals surface area contributed by atoms with Gasteiger partial charge in [0.25, 0.3) is 0 Å².